The summed E-state index contributed by atoms with van der Waals surface area (Å²) in [6, 6.07) is 16.1. The first kappa shape index (κ1) is 12.2. The minimum absolute atomic E-state index is 0.453. The van der Waals surface area contributed by atoms with Crippen molar-refractivity contribution in [2.45, 2.75) is 6.92 Å². The first-order valence-corrected chi connectivity index (χ1v) is 6.40. The van der Waals surface area contributed by atoms with Gasteiger partial charge in [-0.15, -0.1) is 0 Å². The van der Waals surface area contributed by atoms with Crippen LogP contribution in [0, 0.1) is 18.3 Å². The summed E-state index contributed by atoms with van der Waals surface area (Å²) in [6.45, 7) is 2.06. The van der Waals surface area contributed by atoms with Gasteiger partial charge >= 0.3 is 0 Å². The molecule has 96 valence electrons. The van der Waals surface area contributed by atoms with Gasteiger partial charge in [0, 0.05) is 6.20 Å². The second kappa shape index (κ2) is 5.02. The summed E-state index contributed by atoms with van der Waals surface area (Å²) in [5, 5.41) is 9.11. The van der Waals surface area contributed by atoms with E-state index in [1.54, 1.807) is 0 Å². The van der Waals surface area contributed by atoms with Gasteiger partial charge in [0.25, 0.3) is 0 Å². The summed E-state index contributed by atoms with van der Waals surface area (Å²) in [7, 11) is 0. The quantitative estimate of drug-likeness (QED) is 0.704. The average molecular weight is 259 g/mol. The van der Waals surface area contributed by atoms with E-state index in [1.807, 2.05) is 40.9 Å². The molecule has 0 aliphatic rings. The van der Waals surface area contributed by atoms with Crippen LogP contribution in [0.2, 0.25) is 0 Å². The molecule has 0 atom stereocenters. The van der Waals surface area contributed by atoms with E-state index in [0.717, 1.165) is 16.9 Å². The maximum absolute atomic E-state index is 9.11. The number of nitrogens with zero attached hydrogens (tertiary/aromatic N) is 3. The molecule has 0 amide bonds. The van der Waals surface area contributed by atoms with Crippen molar-refractivity contribution in [1.82, 2.24) is 9.38 Å². The van der Waals surface area contributed by atoms with Crippen LogP contribution in [-0.4, -0.2) is 9.38 Å². The SMILES string of the molecule is Cc1ccc(/C=C/c2nc(C#N)c3ccccn23)cc1. The average Bonchev–Trinajstić information content (AvgIpc) is 2.85. The third kappa shape index (κ3) is 2.19. The molecule has 0 fully saturated rings. The monoisotopic (exact) mass is 259 g/mol. The Morgan fingerprint density at radius 1 is 1.10 bits per heavy atom. The van der Waals surface area contributed by atoms with E-state index in [0.29, 0.717) is 5.69 Å². The molecule has 3 nitrogen and oxygen atoms in total. The molecule has 3 aromatic rings. The number of rotatable bonds is 2. The molecule has 3 heteroatoms. The Morgan fingerprint density at radius 3 is 2.65 bits per heavy atom. The molecule has 0 aliphatic carbocycles. The molecule has 2 aromatic heterocycles. The van der Waals surface area contributed by atoms with Crippen molar-refractivity contribution in [2.24, 2.45) is 0 Å². The van der Waals surface area contributed by atoms with Gasteiger partial charge in [-0.25, -0.2) is 4.98 Å². The normalized spacial score (nSPS) is 11.0. The second-order valence-electron chi connectivity index (χ2n) is 4.63. The molecule has 0 bridgehead atoms. The Labute approximate surface area is 117 Å². The van der Waals surface area contributed by atoms with Gasteiger partial charge in [-0.3, -0.25) is 4.40 Å². The topological polar surface area (TPSA) is 41.1 Å². The first-order chi connectivity index (χ1) is 9.78. The van der Waals surface area contributed by atoms with Crippen molar-refractivity contribution in [3.8, 4) is 6.07 Å². The Balaban J connectivity index is 2.03. The van der Waals surface area contributed by atoms with Gasteiger partial charge in [-0.1, -0.05) is 42.0 Å². The molecular formula is C17H13N3. The molecule has 0 aliphatic heterocycles. The van der Waals surface area contributed by atoms with Crippen molar-refractivity contribution in [3.63, 3.8) is 0 Å². The predicted octanol–water partition coefficient (Wildman–Crippen LogP) is 3.68. The van der Waals surface area contributed by atoms with Crippen molar-refractivity contribution in [1.29, 1.82) is 5.26 Å². The van der Waals surface area contributed by atoms with E-state index in [-0.39, 0.29) is 0 Å². The Hall–Kier alpha value is -2.86. The van der Waals surface area contributed by atoms with Crippen LogP contribution in [0.15, 0.2) is 48.7 Å². The lowest BCUT2D eigenvalue weighted by Gasteiger charge is -1.96. The highest BCUT2D eigenvalue weighted by atomic mass is 15.0. The fourth-order valence-corrected chi connectivity index (χ4v) is 2.11. The molecule has 0 unspecified atom stereocenters. The van der Waals surface area contributed by atoms with Crippen molar-refractivity contribution < 1.29 is 0 Å². The lowest BCUT2D eigenvalue weighted by molar-refractivity contribution is 1.12. The largest absolute Gasteiger partial charge is 0.299 e. The van der Waals surface area contributed by atoms with Gasteiger partial charge in [0.2, 0.25) is 0 Å². The number of hydrogen-bond donors (Lipinski definition) is 0. The summed E-state index contributed by atoms with van der Waals surface area (Å²) in [5.41, 5.74) is 3.63. The van der Waals surface area contributed by atoms with Crippen LogP contribution >= 0.6 is 0 Å². The number of nitriles is 1. The summed E-state index contributed by atoms with van der Waals surface area (Å²) >= 11 is 0. The molecule has 3 rings (SSSR count). The summed E-state index contributed by atoms with van der Waals surface area (Å²) in [6.07, 6.45) is 5.85. The maximum Gasteiger partial charge on any atom is 0.166 e. The first-order valence-electron chi connectivity index (χ1n) is 6.40. The van der Waals surface area contributed by atoms with Crippen LogP contribution < -0.4 is 0 Å². The smallest absolute Gasteiger partial charge is 0.166 e. The molecular weight excluding hydrogens is 246 g/mol. The highest BCUT2D eigenvalue weighted by molar-refractivity contribution is 5.70. The zero-order chi connectivity index (χ0) is 13.9. The van der Waals surface area contributed by atoms with Gasteiger partial charge in [0.1, 0.15) is 11.9 Å². The van der Waals surface area contributed by atoms with Gasteiger partial charge in [0.15, 0.2) is 5.69 Å². The molecule has 1 aromatic carbocycles. The van der Waals surface area contributed by atoms with Gasteiger partial charge in [0.05, 0.1) is 5.52 Å². The maximum atomic E-state index is 9.11. The van der Waals surface area contributed by atoms with E-state index < -0.39 is 0 Å². The number of hydrogen-bond acceptors (Lipinski definition) is 2. The fourth-order valence-electron chi connectivity index (χ4n) is 2.11. The molecule has 0 radical (unpaired) electrons. The van der Waals surface area contributed by atoms with Crippen molar-refractivity contribution >= 4 is 17.7 Å². The lowest BCUT2D eigenvalue weighted by atomic mass is 10.1. The van der Waals surface area contributed by atoms with Crippen LogP contribution in [0.5, 0.6) is 0 Å². The molecule has 0 N–H and O–H groups in total. The molecule has 0 spiro atoms. The minimum Gasteiger partial charge on any atom is -0.299 e. The number of aromatic nitrogens is 2. The van der Waals surface area contributed by atoms with Gasteiger partial charge < -0.3 is 0 Å². The third-order valence-electron chi connectivity index (χ3n) is 3.18. The fraction of sp³-hybridized carbons (Fsp3) is 0.0588. The van der Waals surface area contributed by atoms with E-state index in [2.05, 4.69) is 42.2 Å². The Bertz CT molecular complexity index is 818. The highest BCUT2D eigenvalue weighted by Crippen LogP contribution is 2.15. The van der Waals surface area contributed by atoms with Crippen LogP contribution in [0.1, 0.15) is 22.6 Å². The highest BCUT2D eigenvalue weighted by Gasteiger charge is 2.06. The number of benzene rings is 1. The number of imidazole rings is 1. The molecule has 0 saturated heterocycles. The van der Waals surface area contributed by atoms with E-state index >= 15 is 0 Å². The molecule has 0 saturated carbocycles. The summed E-state index contributed by atoms with van der Waals surface area (Å²) < 4.78 is 1.92. The zero-order valence-corrected chi connectivity index (χ0v) is 11.1. The zero-order valence-electron chi connectivity index (χ0n) is 11.1. The number of pyridine rings is 1. The number of aryl methyl sites for hydroxylation is 1. The lowest BCUT2D eigenvalue weighted by Crippen LogP contribution is -1.86. The van der Waals surface area contributed by atoms with E-state index in [9.17, 15) is 0 Å². The third-order valence-corrected chi connectivity index (χ3v) is 3.18. The van der Waals surface area contributed by atoms with E-state index in [1.165, 1.54) is 5.56 Å². The standard InChI is InChI=1S/C17H13N3/c1-13-5-7-14(8-6-13)9-10-17-19-15(12-18)16-4-2-3-11-20(16)17/h2-11H,1H3/b10-9+. The van der Waals surface area contributed by atoms with Gasteiger partial charge in [-0.05, 0) is 30.7 Å². The Kier molecular flexibility index (Phi) is 3.06. The van der Waals surface area contributed by atoms with E-state index in [4.69, 9.17) is 5.26 Å². The van der Waals surface area contributed by atoms with Gasteiger partial charge in [-0.2, -0.15) is 5.26 Å². The molecule has 2 heterocycles. The summed E-state index contributed by atoms with van der Waals surface area (Å²) in [5.74, 6) is 0.762. The van der Waals surface area contributed by atoms with Crippen LogP contribution in [0.4, 0.5) is 0 Å². The minimum atomic E-state index is 0.453. The van der Waals surface area contributed by atoms with Crippen LogP contribution in [0.25, 0.3) is 17.7 Å². The number of fused-ring (bicyclic) bond motifs is 1. The van der Waals surface area contributed by atoms with Crippen molar-refractivity contribution in [2.75, 3.05) is 0 Å². The Morgan fingerprint density at radius 2 is 1.90 bits per heavy atom. The van der Waals surface area contributed by atoms with Crippen LogP contribution in [0.3, 0.4) is 0 Å². The van der Waals surface area contributed by atoms with Crippen molar-refractivity contribution in [3.05, 3.63) is 71.3 Å². The summed E-state index contributed by atoms with van der Waals surface area (Å²) in [4.78, 5) is 4.36. The second-order valence-corrected chi connectivity index (χ2v) is 4.63. The van der Waals surface area contributed by atoms with Crippen LogP contribution in [-0.2, 0) is 0 Å². The molecule has 20 heavy (non-hydrogen) atoms. The predicted molar refractivity (Wildman–Crippen MR) is 80.0 cm³/mol.